The molecule has 0 saturated carbocycles. The van der Waals surface area contributed by atoms with Crippen LogP contribution in [0.1, 0.15) is 11.6 Å². The van der Waals surface area contributed by atoms with E-state index in [9.17, 15) is 0 Å². The van der Waals surface area contributed by atoms with E-state index in [1.54, 1.807) is 0 Å². The van der Waals surface area contributed by atoms with Gasteiger partial charge in [-0.2, -0.15) is 0 Å². The van der Waals surface area contributed by atoms with Crippen LogP contribution >= 0.6 is 0 Å². The second-order valence-electron chi connectivity index (χ2n) is 3.83. The van der Waals surface area contributed by atoms with E-state index in [4.69, 9.17) is 10.5 Å². The summed E-state index contributed by atoms with van der Waals surface area (Å²) in [6, 6.07) is 2.36. The Morgan fingerprint density at radius 2 is 2.43 bits per heavy atom. The van der Waals surface area contributed by atoms with E-state index in [1.807, 2.05) is 14.1 Å². The summed E-state index contributed by atoms with van der Waals surface area (Å²) >= 11 is 0. The van der Waals surface area contributed by atoms with Gasteiger partial charge in [-0.3, -0.25) is 0 Å². The maximum atomic E-state index is 5.75. The summed E-state index contributed by atoms with van der Waals surface area (Å²) in [6.45, 7) is 2.36. The molecule has 4 heteroatoms. The maximum Gasteiger partial charge on any atom is 0.198 e. The lowest BCUT2D eigenvalue weighted by molar-refractivity contribution is 0.289. The fraction of sp³-hybridized carbons (Fsp3) is 0.600. The molecular weight excluding hydrogens is 178 g/mol. The first kappa shape index (κ1) is 9.55. The third-order valence-electron chi connectivity index (χ3n) is 2.72. The Morgan fingerprint density at radius 1 is 1.64 bits per heavy atom. The number of nitrogens with zero attached hydrogens (tertiary/aromatic N) is 2. The van der Waals surface area contributed by atoms with Crippen LogP contribution in [-0.4, -0.2) is 36.7 Å². The molecule has 1 unspecified atom stereocenters. The molecule has 2 rings (SSSR count). The second-order valence-corrected chi connectivity index (χ2v) is 3.83. The van der Waals surface area contributed by atoms with E-state index < -0.39 is 0 Å². The summed E-state index contributed by atoms with van der Waals surface area (Å²) in [5.74, 6) is 0.995. The maximum absolute atomic E-state index is 5.75. The lowest BCUT2D eigenvalue weighted by Crippen LogP contribution is -2.27. The van der Waals surface area contributed by atoms with Crippen molar-refractivity contribution in [2.75, 3.05) is 27.2 Å². The predicted octanol–water partition coefficient (Wildman–Crippen LogP) is 0.442. The summed E-state index contributed by atoms with van der Waals surface area (Å²) in [4.78, 5) is 2.12. The summed E-state index contributed by atoms with van der Waals surface area (Å²) in [5, 5.41) is 0. The molecule has 0 amide bonds. The number of ether oxygens (including phenoxy) is 1. The van der Waals surface area contributed by atoms with Crippen LogP contribution in [0.2, 0.25) is 0 Å². The van der Waals surface area contributed by atoms with Gasteiger partial charge in [0.25, 0.3) is 0 Å². The lowest BCUT2D eigenvalue weighted by atomic mass is 10.1. The van der Waals surface area contributed by atoms with Crippen LogP contribution in [0.25, 0.3) is 0 Å². The van der Waals surface area contributed by atoms with E-state index in [-0.39, 0.29) is 6.04 Å². The molecule has 0 fully saturated rings. The molecule has 1 atom stereocenters. The Hall–Kier alpha value is -1.00. The lowest BCUT2D eigenvalue weighted by Gasteiger charge is -2.22. The molecular formula is C10H17N3O. The van der Waals surface area contributed by atoms with Crippen LogP contribution in [-0.2, 0) is 6.54 Å². The van der Waals surface area contributed by atoms with E-state index >= 15 is 0 Å². The van der Waals surface area contributed by atoms with E-state index in [2.05, 4.69) is 21.7 Å². The molecule has 1 aromatic heterocycles. The van der Waals surface area contributed by atoms with Gasteiger partial charge in [-0.15, -0.1) is 0 Å². The second kappa shape index (κ2) is 3.63. The fourth-order valence-electron chi connectivity index (χ4n) is 1.93. The highest BCUT2D eigenvalue weighted by Gasteiger charge is 2.23. The predicted molar refractivity (Wildman–Crippen MR) is 55.4 cm³/mol. The Kier molecular flexibility index (Phi) is 2.48. The van der Waals surface area contributed by atoms with Crippen LogP contribution in [0.15, 0.2) is 12.3 Å². The van der Waals surface area contributed by atoms with Gasteiger partial charge in [0.2, 0.25) is 0 Å². The van der Waals surface area contributed by atoms with Crippen molar-refractivity contribution in [3.05, 3.63) is 17.8 Å². The van der Waals surface area contributed by atoms with Gasteiger partial charge in [0.15, 0.2) is 5.88 Å². The summed E-state index contributed by atoms with van der Waals surface area (Å²) in [5.41, 5.74) is 6.96. The Morgan fingerprint density at radius 3 is 3.07 bits per heavy atom. The Bertz CT molecular complexity index is 319. The summed E-state index contributed by atoms with van der Waals surface area (Å²) in [6.07, 6.45) is 2.07. The minimum atomic E-state index is 0.254. The molecule has 4 nitrogen and oxygen atoms in total. The third kappa shape index (κ3) is 1.40. The van der Waals surface area contributed by atoms with E-state index in [1.165, 1.54) is 5.56 Å². The molecule has 0 spiro atoms. The van der Waals surface area contributed by atoms with Gasteiger partial charge < -0.3 is 19.9 Å². The summed E-state index contributed by atoms with van der Waals surface area (Å²) < 4.78 is 7.72. The highest BCUT2D eigenvalue weighted by molar-refractivity contribution is 5.33. The standard InChI is InChI=1S/C10H17N3O/c1-12(2)9(7-11)8-3-4-13-5-6-14-10(8)13/h3-4,9H,5-7,11H2,1-2H3. The smallest absolute Gasteiger partial charge is 0.198 e. The quantitative estimate of drug-likeness (QED) is 0.761. The minimum absolute atomic E-state index is 0.254. The highest BCUT2D eigenvalue weighted by Crippen LogP contribution is 2.31. The molecule has 14 heavy (non-hydrogen) atoms. The molecule has 1 aromatic rings. The van der Waals surface area contributed by atoms with Crippen molar-refractivity contribution in [2.45, 2.75) is 12.6 Å². The number of nitrogens with two attached hydrogens (primary N) is 1. The number of likely N-dealkylation sites (N-methyl/N-ethyl adjacent to an activating group) is 1. The fourth-order valence-corrected chi connectivity index (χ4v) is 1.93. The van der Waals surface area contributed by atoms with Gasteiger partial charge in [0.05, 0.1) is 12.6 Å². The molecule has 2 heterocycles. The molecule has 2 N–H and O–H groups in total. The molecule has 0 radical (unpaired) electrons. The van der Waals surface area contributed by atoms with Crippen LogP contribution in [0.5, 0.6) is 5.88 Å². The van der Waals surface area contributed by atoms with Crippen LogP contribution in [0.4, 0.5) is 0 Å². The molecule has 1 aliphatic heterocycles. The number of rotatable bonds is 3. The van der Waals surface area contributed by atoms with Crippen molar-refractivity contribution in [3.8, 4) is 5.88 Å². The highest BCUT2D eigenvalue weighted by atomic mass is 16.5. The summed E-state index contributed by atoms with van der Waals surface area (Å²) in [7, 11) is 4.08. The van der Waals surface area contributed by atoms with Crippen LogP contribution < -0.4 is 10.5 Å². The molecule has 0 saturated heterocycles. The SMILES string of the molecule is CN(C)C(CN)c1ccn2c1OCC2. The van der Waals surface area contributed by atoms with Gasteiger partial charge in [0.1, 0.15) is 6.61 Å². The van der Waals surface area contributed by atoms with Crippen molar-refractivity contribution < 1.29 is 4.74 Å². The van der Waals surface area contributed by atoms with E-state index in [0.29, 0.717) is 6.54 Å². The Labute approximate surface area is 84.2 Å². The van der Waals surface area contributed by atoms with Crippen molar-refractivity contribution in [1.29, 1.82) is 0 Å². The molecule has 0 bridgehead atoms. The first-order valence-corrected chi connectivity index (χ1v) is 4.92. The van der Waals surface area contributed by atoms with Crippen molar-refractivity contribution in [2.24, 2.45) is 5.73 Å². The topological polar surface area (TPSA) is 43.4 Å². The third-order valence-corrected chi connectivity index (χ3v) is 2.72. The van der Waals surface area contributed by atoms with Gasteiger partial charge in [-0.05, 0) is 20.2 Å². The van der Waals surface area contributed by atoms with Crippen LogP contribution in [0.3, 0.4) is 0 Å². The van der Waals surface area contributed by atoms with Crippen LogP contribution in [0, 0.1) is 0 Å². The van der Waals surface area contributed by atoms with Crippen molar-refractivity contribution >= 4 is 0 Å². The van der Waals surface area contributed by atoms with Gasteiger partial charge >= 0.3 is 0 Å². The molecule has 0 aliphatic carbocycles. The minimum Gasteiger partial charge on any atom is -0.477 e. The normalized spacial score (nSPS) is 16.9. The monoisotopic (exact) mass is 195 g/mol. The zero-order valence-corrected chi connectivity index (χ0v) is 8.73. The number of aromatic nitrogens is 1. The average molecular weight is 195 g/mol. The zero-order chi connectivity index (χ0) is 10.1. The zero-order valence-electron chi connectivity index (χ0n) is 8.73. The van der Waals surface area contributed by atoms with Gasteiger partial charge in [-0.1, -0.05) is 0 Å². The van der Waals surface area contributed by atoms with Gasteiger partial charge in [-0.25, -0.2) is 0 Å². The molecule has 78 valence electrons. The molecule has 0 aromatic carbocycles. The molecule has 1 aliphatic rings. The van der Waals surface area contributed by atoms with Gasteiger partial charge in [0, 0.05) is 18.3 Å². The number of fused-ring (bicyclic) bond motifs is 1. The Balaban J connectivity index is 2.30. The number of hydrogen-bond donors (Lipinski definition) is 1. The first-order valence-electron chi connectivity index (χ1n) is 4.92. The van der Waals surface area contributed by atoms with Crippen molar-refractivity contribution in [1.82, 2.24) is 9.47 Å². The first-order chi connectivity index (χ1) is 6.74. The van der Waals surface area contributed by atoms with E-state index in [0.717, 1.165) is 19.0 Å². The largest absolute Gasteiger partial charge is 0.477 e. The average Bonchev–Trinajstić information content (AvgIpc) is 2.69. The number of hydrogen-bond acceptors (Lipinski definition) is 3. The van der Waals surface area contributed by atoms with Crippen molar-refractivity contribution in [3.63, 3.8) is 0 Å².